The van der Waals surface area contributed by atoms with E-state index in [1.54, 1.807) is 6.07 Å². The van der Waals surface area contributed by atoms with Gasteiger partial charge in [-0.2, -0.15) is 8.42 Å². The number of hydrogen-bond acceptors (Lipinski definition) is 8. The van der Waals surface area contributed by atoms with Gasteiger partial charge in [0.15, 0.2) is 4.90 Å². The van der Waals surface area contributed by atoms with Gasteiger partial charge >= 0.3 is 10.1 Å². The standard InChI is InChI=1S/C16H10N2O7S2/c19-15-13(26-16(20)17-15)9-10-5-1-3-7-12(10)25-27(23,24)14-8-4-2-6-11(14)18(21)22/h1-9H,(H,17,19,20)/b13-9-. The summed E-state index contributed by atoms with van der Waals surface area (Å²) < 4.78 is 30.2. The average Bonchev–Trinajstić information content (AvgIpc) is 2.93. The Labute approximate surface area is 157 Å². The van der Waals surface area contributed by atoms with Gasteiger partial charge in [0.25, 0.3) is 16.8 Å². The Morgan fingerprint density at radius 3 is 2.41 bits per heavy atom. The van der Waals surface area contributed by atoms with E-state index in [1.165, 1.54) is 36.4 Å². The topological polar surface area (TPSA) is 133 Å². The van der Waals surface area contributed by atoms with Gasteiger partial charge in [-0.05, 0) is 30.0 Å². The number of nitro benzene ring substituents is 1. The van der Waals surface area contributed by atoms with Gasteiger partial charge in [0.2, 0.25) is 0 Å². The first-order valence-electron chi connectivity index (χ1n) is 7.30. The second-order valence-electron chi connectivity index (χ2n) is 5.15. The molecule has 3 rings (SSSR count). The molecule has 0 aromatic heterocycles. The van der Waals surface area contributed by atoms with Crippen LogP contribution in [0.2, 0.25) is 0 Å². The lowest BCUT2D eigenvalue weighted by Crippen LogP contribution is -2.17. The third-order valence-electron chi connectivity index (χ3n) is 3.38. The summed E-state index contributed by atoms with van der Waals surface area (Å²) >= 11 is 0.665. The quantitative estimate of drug-likeness (QED) is 0.347. The van der Waals surface area contributed by atoms with Crippen molar-refractivity contribution in [2.75, 3.05) is 0 Å². The van der Waals surface area contributed by atoms with Crippen LogP contribution in [0.3, 0.4) is 0 Å². The van der Waals surface area contributed by atoms with E-state index in [0.717, 1.165) is 12.1 Å². The molecule has 2 aromatic rings. The number of nitrogens with one attached hydrogen (secondary N) is 1. The fourth-order valence-corrected chi connectivity index (χ4v) is 4.02. The van der Waals surface area contributed by atoms with E-state index in [0.29, 0.717) is 11.8 Å². The molecule has 0 saturated carbocycles. The molecule has 2 amide bonds. The van der Waals surface area contributed by atoms with Gasteiger partial charge in [-0.25, -0.2) is 0 Å². The summed E-state index contributed by atoms with van der Waals surface area (Å²) in [6.07, 6.45) is 1.30. The van der Waals surface area contributed by atoms with Gasteiger partial charge in [0, 0.05) is 11.6 Å². The van der Waals surface area contributed by atoms with E-state index < -0.39 is 36.8 Å². The van der Waals surface area contributed by atoms with E-state index in [9.17, 15) is 28.1 Å². The molecule has 0 spiro atoms. The maximum absolute atomic E-state index is 12.5. The Bertz CT molecular complexity index is 1090. The number of benzene rings is 2. The zero-order valence-corrected chi connectivity index (χ0v) is 15.0. The molecule has 0 bridgehead atoms. The number of amides is 2. The van der Waals surface area contributed by atoms with Gasteiger partial charge in [-0.1, -0.05) is 30.3 Å². The van der Waals surface area contributed by atoms with Crippen LogP contribution in [0.5, 0.6) is 5.75 Å². The second-order valence-corrected chi connectivity index (χ2v) is 7.68. The highest BCUT2D eigenvalue weighted by atomic mass is 32.2. The SMILES string of the molecule is O=C1NC(=O)/C(=C/c2ccccc2OS(=O)(=O)c2ccccc2[N+](=O)[O-])S1. The van der Waals surface area contributed by atoms with Crippen molar-refractivity contribution in [3.8, 4) is 5.75 Å². The molecule has 0 unspecified atom stereocenters. The van der Waals surface area contributed by atoms with Crippen molar-refractivity contribution in [2.24, 2.45) is 0 Å². The van der Waals surface area contributed by atoms with Gasteiger partial charge < -0.3 is 4.18 Å². The Kier molecular flexibility index (Phi) is 4.97. The van der Waals surface area contributed by atoms with E-state index >= 15 is 0 Å². The Hall–Kier alpha value is -3.18. The molecular weight excluding hydrogens is 396 g/mol. The average molecular weight is 406 g/mol. The van der Waals surface area contributed by atoms with Crippen molar-refractivity contribution >= 4 is 44.8 Å². The zero-order chi connectivity index (χ0) is 19.6. The molecule has 11 heteroatoms. The van der Waals surface area contributed by atoms with E-state index in [1.807, 2.05) is 0 Å². The molecule has 2 aromatic carbocycles. The minimum atomic E-state index is -4.51. The smallest absolute Gasteiger partial charge is 0.346 e. The van der Waals surface area contributed by atoms with Crippen LogP contribution in [-0.4, -0.2) is 24.5 Å². The zero-order valence-electron chi connectivity index (χ0n) is 13.3. The summed E-state index contributed by atoms with van der Waals surface area (Å²) in [5, 5.41) is 12.6. The van der Waals surface area contributed by atoms with Crippen LogP contribution < -0.4 is 9.50 Å². The number of imide groups is 1. The summed E-state index contributed by atoms with van der Waals surface area (Å²) in [6.45, 7) is 0. The monoisotopic (exact) mass is 406 g/mol. The number of hydrogen-bond donors (Lipinski definition) is 1. The normalized spacial score (nSPS) is 15.6. The van der Waals surface area contributed by atoms with Crippen molar-refractivity contribution in [1.29, 1.82) is 0 Å². The molecule has 0 atom stereocenters. The molecule has 1 aliphatic heterocycles. The number of carbonyl (C=O) groups is 2. The summed E-state index contributed by atoms with van der Waals surface area (Å²) in [5.74, 6) is -0.753. The molecule has 1 heterocycles. The van der Waals surface area contributed by atoms with E-state index in [-0.39, 0.29) is 16.2 Å². The molecule has 1 fully saturated rings. The predicted octanol–water partition coefficient (Wildman–Crippen LogP) is 2.69. The van der Waals surface area contributed by atoms with E-state index in [2.05, 4.69) is 5.32 Å². The van der Waals surface area contributed by atoms with Crippen LogP contribution in [0.4, 0.5) is 10.5 Å². The van der Waals surface area contributed by atoms with Crippen molar-refractivity contribution < 1.29 is 27.1 Å². The molecule has 1 N–H and O–H groups in total. The van der Waals surface area contributed by atoms with Crippen LogP contribution in [0.15, 0.2) is 58.3 Å². The largest absolute Gasteiger partial charge is 0.378 e. The number of thioether (sulfide) groups is 1. The van der Waals surface area contributed by atoms with Crippen molar-refractivity contribution in [1.82, 2.24) is 5.32 Å². The first-order chi connectivity index (χ1) is 12.8. The Morgan fingerprint density at radius 1 is 1.07 bits per heavy atom. The second kappa shape index (κ2) is 7.21. The number of carbonyl (C=O) groups excluding carboxylic acids is 2. The fourth-order valence-electron chi connectivity index (χ4n) is 2.22. The molecule has 1 aliphatic rings. The lowest BCUT2D eigenvalue weighted by Gasteiger charge is -2.10. The maximum Gasteiger partial charge on any atom is 0.346 e. The highest BCUT2D eigenvalue weighted by Crippen LogP contribution is 2.32. The minimum Gasteiger partial charge on any atom is -0.378 e. The third kappa shape index (κ3) is 3.99. The first kappa shape index (κ1) is 18.6. The number of nitrogens with zero attached hydrogens (tertiary/aromatic N) is 1. The first-order valence-corrected chi connectivity index (χ1v) is 9.52. The molecule has 9 nitrogen and oxygen atoms in total. The van der Waals surface area contributed by atoms with Crippen LogP contribution >= 0.6 is 11.8 Å². The molecule has 0 radical (unpaired) electrons. The molecule has 138 valence electrons. The van der Waals surface area contributed by atoms with Gasteiger partial charge in [-0.15, -0.1) is 0 Å². The summed E-state index contributed by atoms with van der Waals surface area (Å²) in [6, 6.07) is 10.7. The summed E-state index contributed by atoms with van der Waals surface area (Å²) in [7, 11) is -4.51. The molecule has 0 aliphatic carbocycles. The minimum absolute atomic E-state index is 0.0686. The Balaban J connectivity index is 2.00. The molecule has 27 heavy (non-hydrogen) atoms. The van der Waals surface area contributed by atoms with E-state index in [4.69, 9.17) is 4.18 Å². The van der Waals surface area contributed by atoms with Crippen molar-refractivity contribution in [3.63, 3.8) is 0 Å². The maximum atomic E-state index is 12.5. The number of rotatable bonds is 5. The van der Waals surface area contributed by atoms with Crippen molar-refractivity contribution in [2.45, 2.75) is 4.90 Å². The highest BCUT2D eigenvalue weighted by Gasteiger charge is 2.29. The predicted molar refractivity (Wildman–Crippen MR) is 96.5 cm³/mol. The summed E-state index contributed by atoms with van der Waals surface area (Å²) in [5.41, 5.74) is -0.406. The van der Waals surface area contributed by atoms with Crippen LogP contribution in [0, 0.1) is 10.1 Å². The highest BCUT2D eigenvalue weighted by molar-refractivity contribution is 8.18. The fraction of sp³-hybridized carbons (Fsp3) is 0. The van der Waals surface area contributed by atoms with Crippen LogP contribution in [-0.2, 0) is 14.9 Å². The number of para-hydroxylation sites is 2. The molecule has 1 saturated heterocycles. The van der Waals surface area contributed by atoms with Crippen LogP contribution in [0.1, 0.15) is 5.56 Å². The molecular formula is C16H10N2O7S2. The Morgan fingerprint density at radius 2 is 1.74 bits per heavy atom. The lowest BCUT2D eigenvalue weighted by molar-refractivity contribution is -0.387. The van der Waals surface area contributed by atoms with Gasteiger partial charge in [0.05, 0.1) is 9.83 Å². The number of nitro groups is 1. The van der Waals surface area contributed by atoms with Crippen LogP contribution in [0.25, 0.3) is 6.08 Å². The lowest BCUT2D eigenvalue weighted by atomic mass is 10.2. The summed E-state index contributed by atoms with van der Waals surface area (Å²) in [4.78, 5) is 32.7. The van der Waals surface area contributed by atoms with Crippen molar-refractivity contribution in [3.05, 3.63) is 69.1 Å². The van der Waals surface area contributed by atoms with Gasteiger partial charge in [0.1, 0.15) is 5.75 Å². The third-order valence-corrected chi connectivity index (χ3v) is 5.47. The van der Waals surface area contributed by atoms with Gasteiger partial charge in [-0.3, -0.25) is 25.0 Å².